The predicted octanol–water partition coefficient (Wildman–Crippen LogP) is 1.87. The van der Waals surface area contributed by atoms with Crippen LogP contribution in [0.4, 0.5) is 0 Å². The third kappa shape index (κ3) is 2.61. The van der Waals surface area contributed by atoms with Gasteiger partial charge in [-0.25, -0.2) is 4.68 Å². The minimum Gasteiger partial charge on any atom is -0.497 e. The number of rotatable bonds is 4. The molecule has 5 nitrogen and oxygen atoms in total. The average molecular weight is 232 g/mol. The van der Waals surface area contributed by atoms with E-state index in [2.05, 4.69) is 35.4 Å². The van der Waals surface area contributed by atoms with E-state index in [1.54, 1.807) is 18.1 Å². The van der Waals surface area contributed by atoms with Gasteiger partial charge in [-0.1, -0.05) is 19.9 Å². The molecule has 0 fully saturated rings. The summed E-state index contributed by atoms with van der Waals surface area (Å²) in [5.74, 6) is 1.39. The Balaban J connectivity index is 2.44. The molecule has 0 saturated heterocycles. The molecule has 17 heavy (non-hydrogen) atoms. The van der Waals surface area contributed by atoms with Crippen molar-refractivity contribution in [2.24, 2.45) is 5.92 Å². The molecule has 1 aromatic carbocycles. The van der Waals surface area contributed by atoms with Crippen molar-refractivity contribution >= 4 is 0 Å². The van der Waals surface area contributed by atoms with E-state index in [-0.39, 0.29) is 0 Å². The maximum absolute atomic E-state index is 5.23. The first-order chi connectivity index (χ1) is 8.20. The van der Waals surface area contributed by atoms with Crippen LogP contribution in [0.5, 0.6) is 5.75 Å². The molecule has 0 spiro atoms. The minimum atomic E-state index is 0.582. The minimum absolute atomic E-state index is 0.582. The van der Waals surface area contributed by atoms with Gasteiger partial charge in [-0.15, -0.1) is 5.10 Å². The van der Waals surface area contributed by atoms with Crippen molar-refractivity contribution in [2.75, 3.05) is 7.11 Å². The van der Waals surface area contributed by atoms with E-state index >= 15 is 0 Å². The summed E-state index contributed by atoms with van der Waals surface area (Å²) in [5.41, 5.74) is 2.19. The molecule has 2 aromatic rings. The summed E-state index contributed by atoms with van der Waals surface area (Å²) < 4.78 is 6.90. The van der Waals surface area contributed by atoms with Gasteiger partial charge in [0.2, 0.25) is 0 Å². The molecule has 0 amide bonds. The SMILES string of the molecule is COc1ccc(CC(C)C)c(-n2cnnn2)c1. The van der Waals surface area contributed by atoms with Gasteiger partial charge in [0.25, 0.3) is 0 Å². The molecule has 1 aromatic heterocycles. The van der Waals surface area contributed by atoms with Crippen LogP contribution < -0.4 is 4.74 Å². The predicted molar refractivity (Wildman–Crippen MR) is 64.2 cm³/mol. The monoisotopic (exact) mass is 232 g/mol. The maximum atomic E-state index is 5.23. The second kappa shape index (κ2) is 4.95. The van der Waals surface area contributed by atoms with Gasteiger partial charge >= 0.3 is 0 Å². The molecule has 0 atom stereocenters. The zero-order valence-corrected chi connectivity index (χ0v) is 10.3. The number of nitrogens with zero attached hydrogens (tertiary/aromatic N) is 4. The van der Waals surface area contributed by atoms with E-state index in [0.29, 0.717) is 5.92 Å². The Hall–Kier alpha value is -1.91. The lowest BCUT2D eigenvalue weighted by Gasteiger charge is -2.12. The standard InChI is InChI=1S/C12H16N4O/c1-9(2)6-10-4-5-11(17-3)7-12(10)16-8-13-14-15-16/h4-5,7-9H,6H2,1-3H3. The van der Waals surface area contributed by atoms with Gasteiger partial charge in [-0.2, -0.15) is 0 Å². The van der Waals surface area contributed by atoms with E-state index < -0.39 is 0 Å². The quantitative estimate of drug-likeness (QED) is 0.807. The summed E-state index contributed by atoms with van der Waals surface area (Å²) in [6.45, 7) is 4.38. The normalized spacial score (nSPS) is 10.8. The Morgan fingerprint density at radius 1 is 1.35 bits per heavy atom. The van der Waals surface area contributed by atoms with Crippen LogP contribution in [0.2, 0.25) is 0 Å². The Morgan fingerprint density at radius 2 is 2.18 bits per heavy atom. The molecule has 0 bridgehead atoms. The van der Waals surface area contributed by atoms with Crippen LogP contribution in [-0.4, -0.2) is 27.3 Å². The molecular weight excluding hydrogens is 216 g/mol. The van der Waals surface area contributed by atoms with Crippen molar-refractivity contribution in [1.29, 1.82) is 0 Å². The fourth-order valence-electron chi connectivity index (χ4n) is 1.77. The van der Waals surface area contributed by atoms with E-state index in [1.807, 2.05) is 12.1 Å². The number of tetrazole rings is 1. The summed E-state index contributed by atoms with van der Waals surface area (Å²) in [4.78, 5) is 0. The Kier molecular flexibility index (Phi) is 3.37. The van der Waals surface area contributed by atoms with Crippen molar-refractivity contribution < 1.29 is 4.74 Å². The molecule has 5 heteroatoms. The van der Waals surface area contributed by atoms with Gasteiger partial charge in [-0.3, -0.25) is 0 Å². The molecule has 0 unspecified atom stereocenters. The number of methoxy groups -OCH3 is 1. The first-order valence-corrected chi connectivity index (χ1v) is 5.61. The third-order valence-electron chi connectivity index (χ3n) is 2.52. The van der Waals surface area contributed by atoms with Crippen molar-refractivity contribution in [2.45, 2.75) is 20.3 Å². The molecule has 0 aliphatic carbocycles. The van der Waals surface area contributed by atoms with Gasteiger partial charge in [0.1, 0.15) is 12.1 Å². The fraction of sp³-hybridized carbons (Fsp3) is 0.417. The number of ether oxygens (including phenoxy) is 1. The molecule has 0 N–H and O–H groups in total. The fourth-order valence-corrected chi connectivity index (χ4v) is 1.77. The third-order valence-corrected chi connectivity index (χ3v) is 2.52. The molecule has 0 saturated carbocycles. The summed E-state index contributed by atoms with van der Waals surface area (Å²) in [5, 5.41) is 11.3. The Labute approximate surface area is 100 Å². The summed E-state index contributed by atoms with van der Waals surface area (Å²) in [6.07, 6.45) is 2.58. The molecule has 0 aliphatic heterocycles. The van der Waals surface area contributed by atoms with E-state index in [9.17, 15) is 0 Å². The summed E-state index contributed by atoms with van der Waals surface area (Å²) >= 11 is 0. The Morgan fingerprint density at radius 3 is 2.76 bits per heavy atom. The molecule has 90 valence electrons. The zero-order valence-electron chi connectivity index (χ0n) is 10.3. The maximum Gasteiger partial charge on any atom is 0.143 e. The first kappa shape index (κ1) is 11.6. The van der Waals surface area contributed by atoms with Crippen molar-refractivity contribution in [3.8, 4) is 11.4 Å². The van der Waals surface area contributed by atoms with E-state index in [0.717, 1.165) is 17.9 Å². The largest absolute Gasteiger partial charge is 0.497 e. The summed E-state index contributed by atoms with van der Waals surface area (Å²) in [7, 11) is 1.65. The number of hydrogen-bond donors (Lipinski definition) is 0. The molecular formula is C12H16N4O. The highest BCUT2D eigenvalue weighted by Crippen LogP contribution is 2.22. The van der Waals surface area contributed by atoms with Gasteiger partial charge in [0.05, 0.1) is 12.8 Å². The summed E-state index contributed by atoms with van der Waals surface area (Å²) in [6, 6.07) is 5.98. The second-order valence-corrected chi connectivity index (χ2v) is 4.35. The van der Waals surface area contributed by atoms with Crippen LogP contribution in [0.25, 0.3) is 5.69 Å². The van der Waals surface area contributed by atoms with Crippen LogP contribution in [0.15, 0.2) is 24.5 Å². The van der Waals surface area contributed by atoms with Crippen LogP contribution >= 0.6 is 0 Å². The van der Waals surface area contributed by atoms with Crippen LogP contribution in [0.3, 0.4) is 0 Å². The average Bonchev–Trinajstić information content (AvgIpc) is 2.82. The Bertz CT molecular complexity index is 479. The lowest BCUT2D eigenvalue weighted by atomic mass is 10.0. The lowest BCUT2D eigenvalue weighted by molar-refractivity contribution is 0.414. The molecule has 2 rings (SSSR count). The van der Waals surface area contributed by atoms with Crippen LogP contribution in [0.1, 0.15) is 19.4 Å². The van der Waals surface area contributed by atoms with E-state index in [4.69, 9.17) is 4.74 Å². The van der Waals surface area contributed by atoms with Gasteiger partial charge < -0.3 is 4.74 Å². The van der Waals surface area contributed by atoms with E-state index in [1.165, 1.54) is 5.56 Å². The second-order valence-electron chi connectivity index (χ2n) is 4.35. The highest BCUT2D eigenvalue weighted by Gasteiger charge is 2.09. The smallest absolute Gasteiger partial charge is 0.143 e. The zero-order chi connectivity index (χ0) is 12.3. The van der Waals surface area contributed by atoms with Gasteiger partial charge in [0.15, 0.2) is 0 Å². The lowest BCUT2D eigenvalue weighted by Crippen LogP contribution is -2.04. The van der Waals surface area contributed by atoms with Crippen LogP contribution in [-0.2, 0) is 6.42 Å². The highest BCUT2D eigenvalue weighted by atomic mass is 16.5. The first-order valence-electron chi connectivity index (χ1n) is 5.61. The highest BCUT2D eigenvalue weighted by molar-refractivity contribution is 5.45. The van der Waals surface area contributed by atoms with Gasteiger partial charge in [-0.05, 0) is 34.4 Å². The van der Waals surface area contributed by atoms with Crippen molar-refractivity contribution in [3.63, 3.8) is 0 Å². The van der Waals surface area contributed by atoms with Crippen molar-refractivity contribution in [1.82, 2.24) is 20.2 Å². The molecule has 0 aliphatic rings. The topological polar surface area (TPSA) is 52.8 Å². The van der Waals surface area contributed by atoms with Crippen LogP contribution in [0, 0.1) is 5.92 Å². The number of aromatic nitrogens is 4. The number of benzene rings is 1. The van der Waals surface area contributed by atoms with Crippen molar-refractivity contribution in [3.05, 3.63) is 30.1 Å². The number of hydrogen-bond acceptors (Lipinski definition) is 4. The van der Waals surface area contributed by atoms with Gasteiger partial charge in [0, 0.05) is 6.07 Å². The molecule has 0 radical (unpaired) electrons. The molecule has 1 heterocycles.